The fraction of sp³-hybridized carbons (Fsp3) is 0.143. The van der Waals surface area contributed by atoms with Crippen molar-refractivity contribution < 1.29 is 9.40 Å². The number of nitrogens with zero attached hydrogens (tertiary/aromatic N) is 1. The second-order valence-corrected chi connectivity index (χ2v) is 2.12. The van der Waals surface area contributed by atoms with Crippen molar-refractivity contribution in [2.24, 2.45) is 0 Å². The van der Waals surface area contributed by atoms with Gasteiger partial charge in [0.1, 0.15) is 0 Å². The predicted octanol–water partition coefficient (Wildman–Crippen LogP) is 0.950. The second kappa shape index (κ2) is 1.80. The largest absolute Gasteiger partial charge is 0.415 e. The van der Waals surface area contributed by atoms with Gasteiger partial charge in [0.05, 0.1) is 6.20 Å². The van der Waals surface area contributed by atoms with E-state index in [1.165, 1.54) is 0 Å². The lowest BCUT2D eigenvalue weighted by atomic mass is 10.5. The molecule has 1 N–H and O–H groups in total. The minimum Gasteiger partial charge on any atom is -0.415 e. The molecule has 50 valence electrons. The van der Waals surface area contributed by atoms with Gasteiger partial charge < -0.3 is 4.42 Å². The summed E-state index contributed by atoms with van der Waals surface area (Å²) in [5.41, 5.74) is 1.61. The van der Waals surface area contributed by atoms with E-state index >= 15 is 0 Å². The van der Waals surface area contributed by atoms with Crippen molar-refractivity contribution in [3.63, 3.8) is 0 Å². The number of H-pyrrole nitrogens is 1. The number of oxazole rings is 1. The van der Waals surface area contributed by atoms with Crippen molar-refractivity contribution in [1.29, 1.82) is 0 Å². The number of pyridine rings is 1. The third kappa shape index (κ3) is 0.673. The molecule has 10 heavy (non-hydrogen) atoms. The molecular weight excluding hydrogens is 128 g/mol. The molecule has 2 rings (SSSR count). The number of aromatic amines is 1. The maximum absolute atomic E-state index is 5.23. The molecule has 0 fully saturated rings. The van der Waals surface area contributed by atoms with Gasteiger partial charge in [0.25, 0.3) is 0 Å². The van der Waals surface area contributed by atoms with Crippen LogP contribution in [0.4, 0.5) is 0 Å². The van der Waals surface area contributed by atoms with Crippen LogP contribution in [0.2, 0.25) is 0 Å². The molecule has 0 aliphatic carbocycles. The molecule has 0 spiro atoms. The van der Waals surface area contributed by atoms with Crippen molar-refractivity contribution in [3.05, 3.63) is 24.2 Å². The summed E-state index contributed by atoms with van der Waals surface area (Å²) in [6.45, 7) is 1.83. The van der Waals surface area contributed by atoms with E-state index in [1.807, 2.05) is 25.3 Å². The van der Waals surface area contributed by atoms with Crippen LogP contribution in [0.5, 0.6) is 0 Å². The van der Waals surface area contributed by atoms with Crippen LogP contribution >= 0.6 is 0 Å². The highest BCUT2D eigenvalue weighted by Crippen LogP contribution is 2.07. The Hall–Kier alpha value is -1.38. The van der Waals surface area contributed by atoms with Crippen molar-refractivity contribution in [2.75, 3.05) is 0 Å². The van der Waals surface area contributed by atoms with E-state index in [-0.39, 0.29) is 0 Å². The Morgan fingerprint density at radius 3 is 3.30 bits per heavy atom. The summed E-state index contributed by atoms with van der Waals surface area (Å²) in [5, 5.41) is 0. The number of aryl methyl sites for hydroxylation is 1. The van der Waals surface area contributed by atoms with Gasteiger partial charge in [0.15, 0.2) is 0 Å². The van der Waals surface area contributed by atoms with Gasteiger partial charge in [0.2, 0.25) is 5.58 Å². The van der Waals surface area contributed by atoms with E-state index < -0.39 is 0 Å². The summed E-state index contributed by atoms with van der Waals surface area (Å²) in [4.78, 5) is 7.06. The Bertz CT molecular complexity index is 320. The summed E-state index contributed by atoms with van der Waals surface area (Å²) in [6, 6.07) is 3.76. The Kier molecular flexibility index (Phi) is 0.974. The quantitative estimate of drug-likeness (QED) is 0.539. The first-order valence-electron chi connectivity index (χ1n) is 3.10. The Morgan fingerprint density at radius 1 is 1.60 bits per heavy atom. The maximum atomic E-state index is 5.23. The number of fused-ring (bicyclic) bond motifs is 1. The molecule has 2 aromatic heterocycles. The summed E-state index contributed by atoms with van der Waals surface area (Å²) < 4.78 is 5.23. The van der Waals surface area contributed by atoms with Gasteiger partial charge in [-0.15, -0.1) is 0 Å². The average Bonchev–Trinajstić information content (AvgIpc) is 2.27. The number of hydrogen-bond donors (Lipinski definition) is 0. The molecule has 0 amide bonds. The van der Waals surface area contributed by atoms with Crippen LogP contribution in [0.25, 0.3) is 11.2 Å². The first-order chi connectivity index (χ1) is 4.86. The van der Waals surface area contributed by atoms with Crippen LogP contribution in [0.15, 0.2) is 22.7 Å². The Balaban J connectivity index is 2.88. The number of aromatic nitrogens is 2. The molecule has 3 heteroatoms. The van der Waals surface area contributed by atoms with E-state index in [9.17, 15) is 0 Å². The number of hydrogen-bond acceptors (Lipinski definition) is 2. The average molecular weight is 135 g/mol. The Labute approximate surface area is 57.7 Å². The van der Waals surface area contributed by atoms with Crippen LogP contribution in [0, 0.1) is 6.92 Å². The van der Waals surface area contributed by atoms with Gasteiger partial charge in [-0.05, 0) is 17.1 Å². The van der Waals surface area contributed by atoms with Crippen molar-refractivity contribution in [2.45, 2.75) is 6.92 Å². The lowest BCUT2D eigenvalue weighted by Crippen LogP contribution is -2.00. The summed E-state index contributed by atoms with van der Waals surface area (Å²) >= 11 is 0. The van der Waals surface area contributed by atoms with Gasteiger partial charge in [-0.3, -0.25) is 0 Å². The van der Waals surface area contributed by atoms with E-state index in [0.717, 1.165) is 11.2 Å². The molecule has 0 saturated carbocycles. The van der Waals surface area contributed by atoms with Gasteiger partial charge >= 0.3 is 11.5 Å². The van der Waals surface area contributed by atoms with Gasteiger partial charge in [-0.25, -0.2) is 4.98 Å². The van der Waals surface area contributed by atoms with Gasteiger partial charge in [0, 0.05) is 6.92 Å². The van der Waals surface area contributed by atoms with Crippen molar-refractivity contribution >= 4 is 11.2 Å². The van der Waals surface area contributed by atoms with Crippen LogP contribution in [-0.2, 0) is 0 Å². The molecule has 2 heterocycles. The highest BCUT2D eigenvalue weighted by Gasteiger charge is 2.08. The van der Waals surface area contributed by atoms with E-state index in [0.29, 0.717) is 5.89 Å². The minimum absolute atomic E-state index is 0.692. The van der Waals surface area contributed by atoms with E-state index in [2.05, 4.69) is 9.97 Å². The van der Waals surface area contributed by atoms with Crippen molar-refractivity contribution in [1.82, 2.24) is 4.98 Å². The molecule has 3 nitrogen and oxygen atoms in total. The smallest absolute Gasteiger partial charge is 0.367 e. The molecule has 0 aliphatic rings. The zero-order valence-corrected chi connectivity index (χ0v) is 5.59. The molecule has 0 atom stereocenters. The van der Waals surface area contributed by atoms with Gasteiger partial charge in [-0.2, -0.15) is 0 Å². The lowest BCUT2D eigenvalue weighted by Gasteiger charge is -1.74. The molecule has 0 radical (unpaired) electrons. The second-order valence-electron chi connectivity index (χ2n) is 2.12. The molecular formula is C7H7N2O+. The topological polar surface area (TPSA) is 40.2 Å². The highest BCUT2D eigenvalue weighted by atomic mass is 16.3. The third-order valence-electron chi connectivity index (χ3n) is 1.32. The maximum Gasteiger partial charge on any atom is 0.367 e. The molecule has 0 bridgehead atoms. The SMILES string of the molecule is Cc1nc2[nH+]cccc2o1. The fourth-order valence-corrected chi connectivity index (χ4v) is 0.922. The monoisotopic (exact) mass is 135 g/mol. The van der Waals surface area contributed by atoms with Crippen molar-refractivity contribution in [3.8, 4) is 0 Å². The zero-order chi connectivity index (χ0) is 6.97. The van der Waals surface area contributed by atoms with Gasteiger partial charge in [-0.1, -0.05) is 0 Å². The lowest BCUT2D eigenvalue weighted by molar-refractivity contribution is -0.347. The minimum atomic E-state index is 0.692. The summed E-state index contributed by atoms with van der Waals surface area (Å²) in [7, 11) is 0. The normalized spacial score (nSPS) is 10.5. The van der Waals surface area contributed by atoms with E-state index in [4.69, 9.17) is 4.42 Å². The predicted molar refractivity (Wildman–Crippen MR) is 35.3 cm³/mol. The fourth-order valence-electron chi connectivity index (χ4n) is 0.922. The molecule has 0 unspecified atom stereocenters. The van der Waals surface area contributed by atoms with Crippen LogP contribution in [-0.4, -0.2) is 4.98 Å². The van der Waals surface area contributed by atoms with E-state index in [1.54, 1.807) is 0 Å². The zero-order valence-electron chi connectivity index (χ0n) is 5.59. The van der Waals surface area contributed by atoms with Crippen LogP contribution < -0.4 is 4.98 Å². The summed E-state index contributed by atoms with van der Waals surface area (Å²) in [5.74, 6) is 0.692. The molecule has 0 aliphatic heterocycles. The first-order valence-corrected chi connectivity index (χ1v) is 3.10. The first kappa shape index (κ1) is 5.41. The molecule has 2 aromatic rings. The summed E-state index contributed by atoms with van der Waals surface area (Å²) in [6.07, 6.45) is 1.82. The standard InChI is InChI=1S/C7H6N2O/c1-5-9-7-6(10-5)3-2-4-8-7/h2-4H,1H3/p+1. The van der Waals surface area contributed by atoms with Crippen LogP contribution in [0.3, 0.4) is 0 Å². The number of nitrogens with one attached hydrogen (secondary N) is 1. The van der Waals surface area contributed by atoms with Crippen LogP contribution in [0.1, 0.15) is 5.89 Å². The highest BCUT2D eigenvalue weighted by molar-refractivity contribution is 5.62. The molecule has 0 saturated heterocycles. The third-order valence-corrected chi connectivity index (χ3v) is 1.32. The Morgan fingerprint density at radius 2 is 2.50 bits per heavy atom. The molecule has 0 aromatic carbocycles. The number of rotatable bonds is 0.